The summed E-state index contributed by atoms with van der Waals surface area (Å²) in [5, 5.41) is 0. The molecular formula is C9H16O3Si. The minimum absolute atomic E-state index is 0.306. The molecule has 0 amide bonds. The third-order valence-electron chi connectivity index (χ3n) is 1.25. The first kappa shape index (κ1) is 12.4. The van der Waals surface area contributed by atoms with Crippen LogP contribution >= 0.6 is 0 Å². The Balaban J connectivity index is 3.16. The lowest BCUT2D eigenvalue weighted by molar-refractivity contribution is -0.138. The Morgan fingerprint density at radius 3 is 2.77 bits per heavy atom. The van der Waals surface area contributed by atoms with E-state index < -0.39 is 0 Å². The van der Waals surface area contributed by atoms with Crippen LogP contribution in [0.3, 0.4) is 0 Å². The molecule has 0 aliphatic rings. The topological polar surface area (TPSA) is 35.5 Å². The molecule has 0 aromatic rings. The van der Waals surface area contributed by atoms with Gasteiger partial charge in [0.05, 0.1) is 6.61 Å². The molecule has 74 valence electrons. The molecule has 0 aromatic carbocycles. The number of esters is 1. The van der Waals surface area contributed by atoms with Gasteiger partial charge in [0.25, 0.3) is 0 Å². The maximum absolute atomic E-state index is 10.9. The van der Waals surface area contributed by atoms with Gasteiger partial charge in [0.2, 0.25) is 9.76 Å². The Bertz CT molecular complexity index is 168. The van der Waals surface area contributed by atoms with E-state index in [0.717, 1.165) is 19.1 Å². The zero-order valence-electron chi connectivity index (χ0n) is 8.26. The lowest BCUT2D eigenvalue weighted by atomic mass is 10.4. The summed E-state index contributed by atoms with van der Waals surface area (Å²) in [5.74, 6) is -0.306. The fraction of sp³-hybridized carbons (Fsp3) is 0.667. The summed E-state index contributed by atoms with van der Waals surface area (Å²) in [6, 6.07) is 0.956. The van der Waals surface area contributed by atoms with Crippen molar-refractivity contribution >= 4 is 15.7 Å². The highest BCUT2D eigenvalue weighted by atomic mass is 28.2. The third-order valence-corrected chi connectivity index (χ3v) is 2.30. The average molecular weight is 200 g/mol. The van der Waals surface area contributed by atoms with E-state index in [9.17, 15) is 4.79 Å². The van der Waals surface area contributed by atoms with Gasteiger partial charge < -0.3 is 9.16 Å². The van der Waals surface area contributed by atoms with E-state index >= 15 is 0 Å². The van der Waals surface area contributed by atoms with Crippen molar-refractivity contribution < 1.29 is 14.0 Å². The molecular weight excluding hydrogens is 184 g/mol. The first-order valence-electron chi connectivity index (χ1n) is 4.35. The van der Waals surface area contributed by atoms with Crippen LogP contribution in [-0.4, -0.2) is 28.9 Å². The summed E-state index contributed by atoms with van der Waals surface area (Å²) in [5.41, 5.74) is 0.451. The predicted molar refractivity (Wildman–Crippen MR) is 52.6 cm³/mol. The van der Waals surface area contributed by atoms with Crippen molar-refractivity contribution in [1.82, 2.24) is 0 Å². The van der Waals surface area contributed by atoms with E-state index in [1.165, 1.54) is 0 Å². The van der Waals surface area contributed by atoms with Crippen molar-refractivity contribution in [2.75, 3.05) is 13.2 Å². The van der Waals surface area contributed by atoms with Crippen LogP contribution in [0.5, 0.6) is 0 Å². The van der Waals surface area contributed by atoms with Crippen molar-refractivity contribution in [1.29, 1.82) is 0 Å². The molecule has 0 saturated heterocycles. The number of hydrogen-bond donors (Lipinski definition) is 0. The maximum Gasteiger partial charge on any atom is 0.333 e. The molecule has 0 N–H and O–H groups in total. The Morgan fingerprint density at radius 2 is 2.23 bits per heavy atom. The molecule has 0 aliphatic carbocycles. The third kappa shape index (κ3) is 7.74. The molecule has 0 spiro atoms. The van der Waals surface area contributed by atoms with Crippen LogP contribution in [0, 0.1) is 0 Å². The molecule has 0 saturated carbocycles. The Hall–Kier alpha value is -0.613. The summed E-state index contributed by atoms with van der Waals surface area (Å²) in [6.07, 6.45) is 0.859. The fourth-order valence-electron chi connectivity index (χ4n) is 0.607. The van der Waals surface area contributed by atoms with Crippen molar-refractivity contribution in [2.45, 2.75) is 26.3 Å². The summed E-state index contributed by atoms with van der Waals surface area (Å²) in [4.78, 5) is 10.9. The van der Waals surface area contributed by atoms with Gasteiger partial charge in [-0.2, -0.15) is 0 Å². The highest BCUT2D eigenvalue weighted by Gasteiger charge is 2.01. The van der Waals surface area contributed by atoms with Crippen LogP contribution in [0.1, 0.15) is 20.3 Å². The molecule has 2 radical (unpaired) electrons. The molecule has 13 heavy (non-hydrogen) atoms. The van der Waals surface area contributed by atoms with Crippen LogP contribution in [-0.2, 0) is 14.0 Å². The normalized spacial score (nSPS) is 9.69. The SMILES string of the molecule is C=C(C)C(=O)OCCC[Si]OCC. The highest BCUT2D eigenvalue weighted by molar-refractivity contribution is 6.26. The number of carbonyl (C=O) groups excluding carboxylic acids is 1. The lowest BCUT2D eigenvalue weighted by Crippen LogP contribution is -2.07. The van der Waals surface area contributed by atoms with Gasteiger partial charge in [0.1, 0.15) is 0 Å². The second-order valence-electron chi connectivity index (χ2n) is 2.60. The van der Waals surface area contributed by atoms with E-state index in [4.69, 9.17) is 9.16 Å². The van der Waals surface area contributed by atoms with Crippen LogP contribution in [0.15, 0.2) is 12.2 Å². The number of rotatable bonds is 7. The standard InChI is InChI=1S/C9H16O3Si/c1-4-12-13-7-5-6-11-9(10)8(2)3/h2,4-7H2,1,3H3. The summed E-state index contributed by atoms with van der Waals surface area (Å²) >= 11 is 0. The predicted octanol–water partition coefficient (Wildman–Crippen LogP) is 1.57. The van der Waals surface area contributed by atoms with Crippen LogP contribution in [0.25, 0.3) is 0 Å². The molecule has 0 aliphatic heterocycles. The van der Waals surface area contributed by atoms with Crippen molar-refractivity contribution in [3.63, 3.8) is 0 Å². The van der Waals surface area contributed by atoms with Crippen molar-refractivity contribution in [3.8, 4) is 0 Å². The minimum atomic E-state index is -0.306. The largest absolute Gasteiger partial charge is 0.462 e. The molecule has 0 heterocycles. The van der Waals surface area contributed by atoms with Gasteiger partial charge in [-0.15, -0.1) is 0 Å². The molecule has 4 heteroatoms. The Kier molecular flexibility index (Phi) is 7.63. The van der Waals surface area contributed by atoms with Crippen LogP contribution < -0.4 is 0 Å². The minimum Gasteiger partial charge on any atom is -0.462 e. The van der Waals surface area contributed by atoms with Gasteiger partial charge in [-0.25, -0.2) is 4.79 Å². The zero-order chi connectivity index (χ0) is 10.1. The average Bonchev–Trinajstić information content (AvgIpc) is 2.10. The van der Waals surface area contributed by atoms with Gasteiger partial charge in [0.15, 0.2) is 0 Å². The summed E-state index contributed by atoms with van der Waals surface area (Å²) < 4.78 is 10.1. The molecule has 0 unspecified atom stereocenters. The molecule has 0 rings (SSSR count). The van der Waals surface area contributed by atoms with Gasteiger partial charge in [0, 0.05) is 12.2 Å². The van der Waals surface area contributed by atoms with Gasteiger partial charge in [-0.1, -0.05) is 6.58 Å². The quantitative estimate of drug-likeness (QED) is 0.271. The van der Waals surface area contributed by atoms with Crippen LogP contribution in [0.2, 0.25) is 6.04 Å². The smallest absolute Gasteiger partial charge is 0.333 e. The Labute approximate surface area is 82.1 Å². The molecule has 0 atom stereocenters. The second kappa shape index (κ2) is 8.01. The lowest BCUT2D eigenvalue weighted by Gasteiger charge is -2.03. The number of carbonyl (C=O) groups is 1. The highest BCUT2D eigenvalue weighted by Crippen LogP contribution is 1.96. The number of hydrogen-bond acceptors (Lipinski definition) is 3. The van der Waals surface area contributed by atoms with Gasteiger partial charge in [-0.05, 0) is 26.3 Å². The van der Waals surface area contributed by atoms with Gasteiger partial charge in [-0.3, -0.25) is 0 Å². The van der Waals surface area contributed by atoms with E-state index in [2.05, 4.69) is 6.58 Å². The second-order valence-corrected chi connectivity index (χ2v) is 3.67. The van der Waals surface area contributed by atoms with E-state index in [1.54, 1.807) is 6.92 Å². The molecule has 0 aromatic heterocycles. The Morgan fingerprint density at radius 1 is 1.54 bits per heavy atom. The van der Waals surface area contributed by atoms with Crippen molar-refractivity contribution in [2.24, 2.45) is 0 Å². The van der Waals surface area contributed by atoms with Gasteiger partial charge >= 0.3 is 5.97 Å². The van der Waals surface area contributed by atoms with Crippen LogP contribution in [0.4, 0.5) is 0 Å². The first-order chi connectivity index (χ1) is 6.18. The molecule has 0 fully saturated rings. The maximum atomic E-state index is 10.9. The summed E-state index contributed by atoms with van der Waals surface area (Å²) in [6.45, 7) is 8.31. The van der Waals surface area contributed by atoms with E-state index in [0.29, 0.717) is 21.9 Å². The molecule has 0 bridgehead atoms. The van der Waals surface area contributed by atoms with Crippen molar-refractivity contribution in [3.05, 3.63) is 12.2 Å². The zero-order valence-corrected chi connectivity index (χ0v) is 9.26. The fourth-order valence-corrected chi connectivity index (χ4v) is 1.24. The molecule has 3 nitrogen and oxygen atoms in total. The van der Waals surface area contributed by atoms with E-state index in [1.807, 2.05) is 6.92 Å². The summed E-state index contributed by atoms with van der Waals surface area (Å²) in [7, 11) is 0.516. The van der Waals surface area contributed by atoms with E-state index in [-0.39, 0.29) is 5.97 Å². The first-order valence-corrected chi connectivity index (χ1v) is 5.47. The monoisotopic (exact) mass is 200 g/mol. The number of ether oxygens (including phenoxy) is 1.